The summed E-state index contributed by atoms with van der Waals surface area (Å²) in [5.41, 5.74) is 1.26. The zero-order valence-corrected chi connectivity index (χ0v) is 7.57. The second kappa shape index (κ2) is 4.69. The molecule has 0 saturated carbocycles. The minimum atomic E-state index is -1.51. The highest BCUT2D eigenvalue weighted by Crippen LogP contribution is 2.00. The Morgan fingerprint density at radius 3 is 2.71 bits per heavy atom. The maximum atomic E-state index is 8.90. The smallest absolute Gasteiger partial charge is 0.423 e. The van der Waals surface area contributed by atoms with Crippen molar-refractivity contribution < 1.29 is 10.0 Å². The molecule has 0 spiro atoms. The van der Waals surface area contributed by atoms with Gasteiger partial charge < -0.3 is 20.9 Å². The Hall–Kier alpha value is -1.46. The topological polar surface area (TPSA) is 88.2 Å². The van der Waals surface area contributed by atoms with E-state index in [1.165, 1.54) is 6.07 Å². The van der Waals surface area contributed by atoms with Gasteiger partial charge in [-0.15, -0.1) is 0 Å². The standard InChI is InChI=1S/C9H11BN2O2/c11-5-4-9(12)7-2-1-3-8(6-7)10(13)14/h1-3,5-6,11-14H,4H2. The molecule has 0 saturated heterocycles. The third kappa shape index (κ3) is 2.51. The van der Waals surface area contributed by atoms with Gasteiger partial charge in [-0.2, -0.15) is 0 Å². The van der Waals surface area contributed by atoms with Gasteiger partial charge in [0.05, 0.1) is 0 Å². The molecule has 1 aromatic rings. The summed E-state index contributed by atoms with van der Waals surface area (Å²) in [6, 6.07) is 6.47. The van der Waals surface area contributed by atoms with Crippen molar-refractivity contribution in [2.24, 2.45) is 0 Å². The van der Waals surface area contributed by atoms with Crippen molar-refractivity contribution in [1.29, 1.82) is 10.8 Å². The number of hydrogen-bond acceptors (Lipinski definition) is 4. The molecule has 0 unspecified atom stereocenters. The van der Waals surface area contributed by atoms with Crippen LogP contribution in [0.25, 0.3) is 0 Å². The van der Waals surface area contributed by atoms with E-state index in [0.29, 0.717) is 16.7 Å². The molecule has 0 fully saturated rings. The first kappa shape index (κ1) is 10.6. The van der Waals surface area contributed by atoms with Crippen molar-refractivity contribution in [3.05, 3.63) is 29.8 Å². The van der Waals surface area contributed by atoms with Crippen LogP contribution in [0.2, 0.25) is 0 Å². The predicted molar refractivity (Wildman–Crippen MR) is 56.5 cm³/mol. The molecule has 0 heterocycles. The summed E-state index contributed by atoms with van der Waals surface area (Å²) in [7, 11) is -1.51. The second-order valence-corrected chi connectivity index (χ2v) is 2.89. The lowest BCUT2D eigenvalue weighted by Gasteiger charge is -2.03. The van der Waals surface area contributed by atoms with E-state index in [2.05, 4.69) is 0 Å². The minimum absolute atomic E-state index is 0.255. The highest BCUT2D eigenvalue weighted by atomic mass is 16.4. The van der Waals surface area contributed by atoms with E-state index in [1.807, 2.05) is 0 Å². The Bertz CT molecular complexity index is 352. The Kier molecular flexibility index (Phi) is 3.56. The van der Waals surface area contributed by atoms with Crippen LogP contribution in [-0.4, -0.2) is 29.1 Å². The molecule has 0 atom stereocenters. The molecule has 0 amide bonds. The molecule has 1 aromatic carbocycles. The summed E-state index contributed by atoms with van der Waals surface area (Å²) in [6.07, 6.45) is 1.40. The van der Waals surface area contributed by atoms with Crippen molar-refractivity contribution in [3.8, 4) is 0 Å². The number of benzene rings is 1. The predicted octanol–water partition coefficient (Wildman–Crippen LogP) is -0.226. The van der Waals surface area contributed by atoms with E-state index in [1.54, 1.807) is 18.2 Å². The SMILES string of the molecule is N=CCC(=N)c1cccc(B(O)O)c1. The lowest BCUT2D eigenvalue weighted by atomic mass is 9.79. The molecule has 0 aliphatic heterocycles. The molecule has 0 radical (unpaired) electrons. The van der Waals surface area contributed by atoms with Crippen molar-refractivity contribution >= 4 is 24.5 Å². The van der Waals surface area contributed by atoms with Crippen molar-refractivity contribution in [1.82, 2.24) is 0 Å². The van der Waals surface area contributed by atoms with Crippen molar-refractivity contribution in [2.45, 2.75) is 6.42 Å². The molecule has 0 bridgehead atoms. The fraction of sp³-hybridized carbons (Fsp3) is 0.111. The van der Waals surface area contributed by atoms with Gasteiger partial charge in [-0.25, -0.2) is 0 Å². The third-order valence-electron chi connectivity index (χ3n) is 1.84. The Morgan fingerprint density at radius 1 is 1.43 bits per heavy atom. The second-order valence-electron chi connectivity index (χ2n) is 2.89. The average molecular weight is 190 g/mol. The maximum Gasteiger partial charge on any atom is 0.488 e. The number of rotatable bonds is 4. The quantitative estimate of drug-likeness (QED) is 0.390. The summed E-state index contributed by atoms with van der Waals surface area (Å²) >= 11 is 0. The molecule has 0 aliphatic rings. The number of nitrogens with one attached hydrogen (secondary N) is 2. The summed E-state index contributed by atoms with van der Waals surface area (Å²) in [5.74, 6) is 0. The first-order chi connectivity index (χ1) is 6.65. The maximum absolute atomic E-state index is 8.90. The molecule has 14 heavy (non-hydrogen) atoms. The molecule has 5 heteroatoms. The fourth-order valence-corrected chi connectivity index (χ4v) is 1.11. The van der Waals surface area contributed by atoms with E-state index in [4.69, 9.17) is 20.9 Å². The Balaban J connectivity index is 2.93. The van der Waals surface area contributed by atoms with Crippen LogP contribution in [0.3, 0.4) is 0 Å². The molecule has 0 aliphatic carbocycles. The molecular formula is C9H11BN2O2. The van der Waals surface area contributed by atoms with Crippen LogP contribution < -0.4 is 5.46 Å². The van der Waals surface area contributed by atoms with Gasteiger partial charge in [-0.05, 0) is 11.0 Å². The fourth-order valence-electron chi connectivity index (χ4n) is 1.11. The number of hydrogen-bond donors (Lipinski definition) is 4. The van der Waals surface area contributed by atoms with Gasteiger partial charge in [0.1, 0.15) is 0 Å². The molecule has 1 rings (SSSR count). The first-order valence-electron chi connectivity index (χ1n) is 4.18. The highest BCUT2D eigenvalue weighted by Gasteiger charge is 2.11. The molecular weight excluding hydrogens is 179 g/mol. The lowest BCUT2D eigenvalue weighted by Crippen LogP contribution is -2.30. The summed E-state index contributed by atoms with van der Waals surface area (Å²) in [4.78, 5) is 0. The van der Waals surface area contributed by atoms with Gasteiger partial charge in [0, 0.05) is 18.3 Å². The van der Waals surface area contributed by atoms with Crippen LogP contribution in [0.15, 0.2) is 24.3 Å². The van der Waals surface area contributed by atoms with Gasteiger partial charge in [-0.3, -0.25) is 0 Å². The summed E-state index contributed by atoms with van der Waals surface area (Å²) in [5, 5.41) is 32.2. The highest BCUT2D eigenvalue weighted by molar-refractivity contribution is 6.58. The Morgan fingerprint density at radius 2 is 2.14 bits per heavy atom. The van der Waals surface area contributed by atoms with Gasteiger partial charge >= 0.3 is 7.12 Å². The van der Waals surface area contributed by atoms with E-state index in [9.17, 15) is 0 Å². The third-order valence-corrected chi connectivity index (χ3v) is 1.84. The van der Waals surface area contributed by atoms with Crippen LogP contribution in [0.5, 0.6) is 0 Å². The monoisotopic (exact) mass is 190 g/mol. The molecule has 4 N–H and O–H groups in total. The normalized spacial score (nSPS) is 9.57. The van der Waals surface area contributed by atoms with Gasteiger partial charge in [0.25, 0.3) is 0 Å². The van der Waals surface area contributed by atoms with Crippen LogP contribution in [0.1, 0.15) is 12.0 Å². The minimum Gasteiger partial charge on any atom is -0.423 e. The van der Waals surface area contributed by atoms with Crippen LogP contribution in [0, 0.1) is 10.8 Å². The zero-order chi connectivity index (χ0) is 10.6. The van der Waals surface area contributed by atoms with Gasteiger partial charge in [0.2, 0.25) is 0 Å². The molecule has 72 valence electrons. The van der Waals surface area contributed by atoms with E-state index in [0.717, 1.165) is 6.21 Å². The average Bonchev–Trinajstić information content (AvgIpc) is 2.18. The van der Waals surface area contributed by atoms with Gasteiger partial charge in [0.15, 0.2) is 0 Å². The van der Waals surface area contributed by atoms with Crippen LogP contribution >= 0.6 is 0 Å². The van der Waals surface area contributed by atoms with Crippen molar-refractivity contribution in [2.75, 3.05) is 0 Å². The zero-order valence-electron chi connectivity index (χ0n) is 7.57. The largest absolute Gasteiger partial charge is 0.488 e. The van der Waals surface area contributed by atoms with Crippen molar-refractivity contribution in [3.63, 3.8) is 0 Å². The summed E-state index contributed by atoms with van der Waals surface area (Å²) in [6.45, 7) is 0. The Labute approximate surface area is 82.4 Å². The van der Waals surface area contributed by atoms with Gasteiger partial charge in [-0.1, -0.05) is 24.3 Å². The van der Waals surface area contributed by atoms with Crippen LogP contribution in [-0.2, 0) is 0 Å². The van der Waals surface area contributed by atoms with E-state index in [-0.39, 0.29) is 6.42 Å². The lowest BCUT2D eigenvalue weighted by molar-refractivity contribution is 0.426. The van der Waals surface area contributed by atoms with Crippen LogP contribution in [0.4, 0.5) is 0 Å². The van der Waals surface area contributed by atoms with E-state index < -0.39 is 7.12 Å². The first-order valence-corrected chi connectivity index (χ1v) is 4.18. The van der Waals surface area contributed by atoms with E-state index >= 15 is 0 Å². The molecule has 0 aromatic heterocycles. The molecule has 4 nitrogen and oxygen atoms in total. The summed E-state index contributed by atoms with van der Waals surface area (Å²) < 4.78 is 0.